The smallest absolute Gasteiger partial charge is 0.307 e. The number of ether oxygens (including phenoxy) is 4. The van der Waals surface area contributed by atoms with E-state index in [9.17, 15) is 9.59 Å². The summed E-state index contributed by atoms with van der Waals surface area (Å²) >= 11 is 0. The van der Waals surface area contributed by atoms with Crippen LogP contribution in [0.2, 0.25) is 0 Å². The summed E-state index contributed by atoms with van der Waals surface area (Å²) in [5.74, 6) is 1.81. The molecule has 0 bridgehead atoms. The van der Waals surface area contributed by atoms with Crippen LogP contribution in [0.15, 0.2) is 0 Å². The van der Waals surface area contributed by atoms with Crippen molar-refractivity contribution in [3.05, 3.63) is 0 Å². The Labute approximate surface area is 353 Å². The summed E-state index contributed by atoms with van der Waals surface area (Å²) < 4.78 is 23.2. The largest absolute Gasteiger partial charge is 0.466 e. The molecule has 0 amide bonds. The first-order chi connectivity index (χ1) is 27.5. The molecular formula is C45H89N3O6S2. The maximum atomic E-state index is 12.6. The molecule has 0 aromatic heterocycles. The van der Waals surface area contributed by atoms with Crippen LogP contribution in [0.1, 0.15) is 175 Å². The molecule has 0 atom stereocenters. The minimum Gasteiger partial charge on any atom is -0.466 e. The van der Waals surface area contributed by atoms with Gasteiger partial charge in [-0.15, -0.1) is 0 Å². The number of rotatable bonds is 42. The van der Waals surface area contributed by atoms with E-state index in [4.69, 9.17) is 18.9 Å². The van der Waals surface area contributed by atoms with Gasteiger partial charge in [-0.2, -0.15) is 0 Å². The number of likely N-dealkylation sites (N-methyl/N-ethyl adjacent to an activating group) is 1. The van der Waals surface area contributed by atoms with E-state index in [1.165, 1.54) is 95.6 Å². The van der Waals surface area contributed by atoms with Crippen LogP contribution < -0.4 is 0 Å². The molecular weight excluding hydrogens is 743 g/mol. The minimum atomic E-state index is -0.325. The highest BCUT2D eigenvalue weighted by atomic mass is 33.1. The average molecular weight is 832 g/mol. The lowest BCUT2D eigenvalue weighted by Crippen LogP contribution is -2.45. The fraction of sp³-hybridized carbons (Fsp3) is 0.956. The molecule has 1 saturated heterocycles. The lowest BCUT2D eigenvalue weighted by atomic mass is 10.1. The second kappa shape index (κ2) is 41.2. The molecule has 0 radical (unpaired) electrons. The van der Waals surface area contributed by atoms with Crippen molar-refractivity contribution in [3.63, 3.8) is 0 Å². The average Bonchev–Trinajstić information content (AvgIpc) is 3.20. The number of carbonyl (C=O) groups is 2. The summed E-state index contributed by atoms with van der Waals surface area (Å²) in [7, 11) is 5.96. The number of hydrogen-bond acceptors (Lipinski definition) is 11. The zero-order valence-electron chi connectivity index (χ0n) is 37.1. The molecule has 1 fully saturated rings. The highest BCUT2D eigenvalue weighted by Crippen LogP contribution is 2.23. The molecule has 9 nitrogen and oxygen atoms in total. The van der Waals surface area contributed by atoms with E-state index in [-0.39, 0.29) is 18.2 Å². The van der Waals surface area contributed by atoms with Crippen molar-refractivity contribution in [2.45, 2.75) is 181 Å². The van der Waals surface area contributed by atoms with Gasteiger partial charge in [-0.3, -0.25) is 9.59 Å². The van der Waals surface area contributed by atoms with E-state index in [0.717, 1.165) is 103 Å². The fourth-order valence-corrected chi connectivity index (χ4v) is 8.81. The molecule has 332 valence electrons. The highest BCUT2D eigenvalue weighted by Gasteiger charge is 2.16. The summed E-state index contributed by atoms with van der Waals surface area (Å²) in [5.41, 5.74) is 0. The van der Waals surface area contributed by atoms with Crippen molar-refractivity contribution in [2.24, 2.45) is 0 Å². The van der Waals surface area contributed by atoms with Crippen LogP contribution in [0, 0.1) is 0 Å². The highest BCUT2D eigenvalue weighted by molar-refractivity contribution is 8.76. The van der Waals surface area contributed by atoms with Crippen molar-refractivity contribution < 1.29 is 28.5 Å². The maximum absolute atomic E-state index is 12.6. The second-order valence-electron chi connectivity index (χ2n) is 15.9. The fourth-order valence-electron chi connectivity index (χ4n) is 6.84. The lowest BCUT2D eigenvalue weighted by molar-refractivity contribution is -0.159. The maximum Gasteiger partial charge on any atom is 0.307 e. The Morgan fingerprint density at radius 1 is 0.536 bits per heavy atom. The van der Waals surface area contributed by atoms with Crippen molar-refractivity contribution in [3.8, 4) is 0 Å². The summed E-state index contributed by atoms with van der Waals surface area (Å²) in [5, 5.41) is 0. The van der Waals surface area contributed by atoms with Gasteiger partial charge in [0.25, 0.3) is 0 Å². The number of unbranched alkanes of at least 4 members (excludes halogenated alkanes) is 16. The number of nitrogens with zero attached hydrogens (tertiary/aromatic N) is 3. The molecule has 0 unspecified atom stereocenters. The van der Waals surface area contributed by atoms with Gasteiger partial charge in [-0.05, 0) is 65.2 Å². The number of hydrogen-bond donors (Lipinski definition) is 0. The summed E-state index contributed by atoms with van der Waals surface area (Å²) in [6.45, 7) is 17.5. The predicted molar refractivity (Wildman–Crippen MR) is 241 cm³/mol. The third-order valence-corrected chi connectivity index (χ3v) is 13.0. The van der Waals surface area contributed by atoms with Crippen molar-refractivity contribution >= 4 is 33.5 Å². The van der Waals surface area contributed by atoms with Crippen molar-refractivity contribution in [2.75, 3.05) is 97.3 Å². The topological polar surface area (TPSA) is 80.8 Å². The molecule has 1 rings (SSSR count). The van der Waals surface area contributed by atoms with Crippen LogP contribution in [0.5, 0.6) is 0 Å². The van der Waals surface area contributed by atoms with Gasteiger partial charge < -0.3 is 33.6 Å². The van der Waals surface area contributed by atoms with Gasteiger partial charge in [-0.25, -0.2) is 0 Å². The molecule has 1 heterocycles. The van der Waals surface area contributed by atoms with E-state index < -0.39 is 0 Å². The monoisotopic (exact) mass is 832 g/mol. The molecule has 1 aliphatic heterocycles. The number of carbonyl (C=O) groups excluding carboxylic acids is 2. The molecule has 0 aliphatic carbocycles. The Kier molecular flexibility index (Phi) is 39.3. The third kappa shape index (κ3) is 35.4. The normalized spacial score (nSPS) is 14.0. The Morgan fingerprint density at radius 2 is 1.04 bits per heavy atom. The Bertz CT molecular complexity index is 854. The van der Waals surface area contributed by atoms with Gasteiger partial charge in [0.2, 0.25) is 0 Å². The molecule has 0 aromatic rings. The first kappa shape index (κ1) is 53.5. The first-order valence-electron chi connectivity index (χ1n) is 23.4. The van der Waals surface area contributed by atoms with Crippen molar-refractivity contribution in [1.29, 1.82) is 0 Å². The number of piperazine rings is 1. The predicted octanol–water partition coefficient (Wildman–Crippen LogP) is 10.8. The van der Waals surface area contributed by atoms with Crippen LogP contribution in [-0.4, -0.2) is 130 Å². The SMILES string of the molecule is CCCCCCCCCCSSCCOC(=O)CCN(CCCCCCOC(=O)CCC(OCCCCCC)OCCCCCC)CCCN1CCN(C)CC1. The van der Waals surface area contributed by atoms with Gasteiger partial charge in [0, 0.05) is 63.9 Å². The summed E-state index contributed by atoms with van der Waals surface area (Å²) in [6, 6.07) is 0. The molecule has 0 spiro atoms. The van der Waals surface area contributed by atoms with E-state index in [2.05, 4.69) is 42.5 Å². The van der Waals surface area contributed by atoms with Crippen molar-refractivity contribution in [1.82, 2.24) is 14.7 Å². The van der Waals surface area contributed by atoms with Crippen LogP contribution in [0.25, 0.3) is 0 Å². The van der Waals surface area contributed by atoms with Gasteiger partial charge in [0.15, 0.2) is 6.29 Å². The molecule has 56 heavy (non-hydrogen) atoms. The molecule has 11 heteroatoms. The second-order valence-corrected chi connectivity index (χ2v) is 18.6. The van der Waals surface area contributed by atoms with Gasteiger partial charge in [0.1, 0.15) is 6.61 Å². The Hall–Kier alpha value is -0.560. The van der Waals surface area contributed by atoms with E-state index >= 15 is 0 Å². The van der Waals surface area contributed by atoms with Crippen LogP contribution in [0.3, 0.4) is 0 Å². The van der Waals surface area contributed by atoms with Gasteiger partial charge in [0.05, 0.1) is 19.4 Å². The van der Waals surface area contributed by atoms with E-state index in [0.29, 0.717) is 45.7 Å². The summed E-state index contributed by atoms with van der Waals surface area (Å²) in [4.78, 5) is 32.6. The first-order valence-corrected chi connectivity index (χ1v) is 25.9. The Balaban J connectivity index is 2.27. The lowest BCUT2D eigenvalue weighted by Gasteiger charge is -2.33. The van der Waals surface area contributed by atoms with E-state index in [1.54, 1.807) is 0 Å². The van der Waals surface area contributed by atoms with Gasteiger partial charge in [-0.1, -0.05) is 139 Å². The summed E-state index contributed by atoms with van der Waals surface area (Å²) in [6.07, 6.45) is 26.3. The van der Waals surface area contributed by atoms with Crippen LogP contribution >= 0.6 is 21.6 Å². The van der Waals surface area contributed by atoms with Crippen LogP contribution in [-0.2, 0) is 28.5 Å². The van der Waals surface area contributed by atoms with Gasteiger partial charge >= 0.3 is 11.9 Å². The Morgan fingerprint density at radius 3 is 1.70 bits per heavy atom. The quantitative estimate of drug-likeness (QED) is 0.0255. The molecule has 0 N–H and O–H groups in total. The molecule has 0 saturated carbocycles. The van der Waals surface area contributed by atoms with E-state index in [1.807, 2.05) is 21.6 Å². The molecule has 1 aliphatic rings. The third-order valence-electron chi connectivity index (χ3n) is 10.6. The minimum absolute atomic E-state index is 0.0760. The standard InChI is InChI=1S/C45H89N3O6S2/c1-5-8-11-14-15-16-19-24-41-55-56-42-40-52-44(50)28-32-47(30-25-31-48-35-33-46(4)34-36-48)29-20-17-18-23-37-51-43(49)26-27-45(53-38-21-12-9-6-2)54-39-22-13-10-7-3/h45H,5-42H2,1-4H3. The number of esters is 2. The zero-order chi connectivity index (χ0) is 40.6. The van der Waals surface area contributed by atoms with Crippen LogP contribution in [0.4, 0.5) is 0 Å². The zero-order valence-corrected chi connectivity index (χ0v) is 38.7. The molecule has 0 aromatic carbocycles.